The number of rotatable bonds is 2. The number of hydrogen-bond donors (Lipinski definition) is 1. The molecule has 2 aromatic rings. The number of carbonyl (C=O) groups is 2. The molecule has 2 bridgehead atoms. The van der Waals surface area contributed by atoms with E-state index in [-0.39, 0.29) is 11.1 Å². The molecular formula is C18H11O4-. The van der Waals surface area contributed by atoms with Crippen molar-refractivity contribution in [3.8, 4) is 0 Å². The van der Waals surface area contributed by atoms with E-state index in [1.807, 2.05) is 48.5 Å². The number of carboxylic acid groups (broad SMARTS) is 2. The maximum atomic E-state index is 11.7. The first-order valence-electron chi connectivity index (χ1n) is 6.97. The van der Waals surface area contributed by atoms with Crippen LogP contribution in [-0.4, -0.2) is 17.0 Å². The van der Waals surface area contributed by atoms with Crippen LogP contribution in [0.25, 0.3) is 0 Å². The van der Waals surface area contributed by atoms with E-state index in [0.29, 0.717) is 0 Å². The maximum absolute atomic E-state index is 11.7. The maximum Gasteiger partial charge on any atom is 0.332 e. The van der Waals surface area contributed by atoms with Crippen LogP contribution in [-0.2, 0) is 9.59 Å². The van der Waals surface area contributed by atoms with Crippen LogP contribution in [0.4, 0.5) is 0 Å². The third kappa shape index (κ3) is 1.46. The van der Waals surface area contributed by atoms with Crippen LogP contribution in [0.5, 0.6) is 0 Å². The van der Waals surface area contributed by atoms with Crippen molar-refractivity contribution < 1.29 is 19.8 Å². The van der Waals surface area contributed by atoms with Crippen LogP contribution >= 0.6 is 0 Å². The largest absolute Gasteiger partial charge is 0.545 e. The summed E-state index contributed by atoms with van der Waals surface area (Å²) in [5.41, 5.74) is 3.27. The van der Waals surface area contributed by atoms with Gasteiger partial charge in [0.15, 0.2) is 0 Å². The average molecular weight is 291 g/mol. The first-order chi connectivity index (χ1) is 10.6. The number of hydrogen-bond acceptors (Lipinski definition) is 3. The van der Waals surface area contributed by atoms with Gasteiger partial charge >= 0.3 is 5.97 Å². The Morgan fingerprint density at radius 3 is 1.45 bits per heavy atom. The Hall–Kier alpha value is -2.88. The highest BCUT2D eigenvalue weighted by atomic mass is 16.4. The molecule has 0 saturated carbocycles. The van der Waals surface area contributed by atoms with Crippen molar-refractivity contribution in [3.63, 3.8) is 0 Å². The fraction of sp³-hybridized carbons (Fsp3) is 0.111. The Morgan fingerprint density at radius 2 is 1.14 bits per heavy atom. The molecule has 5 rings (SSSR count). The lowest BCUT2D eigenvalue weighted by Gasteiger charge is -2.42. The van der Waals surface area contributed by atoms with Gasteiger partial charge in [-0.05, 0) is 27.8 Å². The van der Waals surface area contributed by atoms with E-state index < -0.39 is 23.8 Å². The molecule has 108 valence electrons. The Kier molecular flexibility index (Phi) is 2.51. The first-order valence-corrected chi connectivity index (χ1v) is 6.97. The highest BCUT2D eigenvalue weighted by Crippen LogP contribution is 2.55. The molecule has 0 heterocycles. The second-order valence-corrected chi connectivity index (χ2v) is 5.54. The van der Waals surface area contributed by atoms with Crippen molar-refractivity contribution in [2.45, 2.75) is 11.8 Å². The zero-order chi connectivity index (χ0) is 15.4. The van der Waals surface area contributed by atoms with Gasteiger partial charge in [0.2, 0.25) is 0 Å². The molecule has 2 aromatic carbocycles. The molecule has 1 N–H and O–H groups in total. The highest BCUT2D eigenvalue weighted by Gasteiger charge is 2.45. The summed E-state index contributed by atoms with van der Waals surface area (Å²) in [6, 6.07) is 14.9. The van der Waals surface area contributed by atoms with Gasteiger partial charge in [-0.1, -0.05) is 48.5 Å². The van der Waals surface area contributed by atoms with Gasteiger partial charge in [0.05, 0.1) is 11.5 Å². The second-order valence-electron chi connectivity index (χ2n) is 5.54. The van der Waals surface area contributed by atoms with Crippen LogP contribution in [0.1, 0.15) is 34.1 Å². The molecule has 0 saturated heterocycles. The fourth-order valence-electron chi connectivity index (χ4n) is 3.81. The molecule has 0 aliphatic heterocycles. The lowest BCUT2D eigenvalue weighted by molar-refractivity contribution is -0.299. The highest BCUT2D eigenvalue weighted by molar-refractivity contribution is 6.04. The summed E-state index contributed by atoms with van der Waals surface area (Å²) < 4.78 is 0. The number of aliphatic carboxylic acids is 2. The molecule has 0 unspecified atom stereocenters. The van der Waals surface area contributed by atoms with Crippen molar-refractivity contribution in [1.29, 1.82) is 0 Å². The van der Waals surface area contributed by atoms with Crippen molar-refractivity contribution in [2.24, 2.45) is 0 Å². The predicted molar refractivity (Wildman–Crippen MR) is 76.2 cm³/mol. The van der Waals surface area contributed by atoms with Gasteiger partial charge in [0.1, 0.15) is 0 Å². The molecule has 3 aliphatic carbocycles. The smallest absolute Gasteiger partial charge is 0.332 e. The van der Waals surface area contributed by atoms with Crippen molar-refractivity contribution in [3.05, 3.63) is 81.9 Å². The number of carboxylic acids is 2. The minimum atomic E-state index is -1.41. The van der Waals surface area contributed by atoms with E-state index in [2.05, 4.69) is 0 Å². The monoisotopic (exact) mass is 291 g/mol. The quantitative estimate of drug-likeness (QED) is 0.907. The minimum Gasteiger partial charge on any atom is -0.545 e. The van der Waals surface area contributed by atoms with Crippen LogP contribution in [0.15, 0.2) is 59.7 Å². The normalized spacial score (nSPS) is 21.3. The molecule has 4 heteroatoms. The fourth-order valence-corrected chi connectivity index (χ4v) is 3.81. The molecule has 0 spiro atoms. The Balaban J connectivity index is 2.13. The molecule has 22 heavy (non-hydrogen) atoms. The van der Waals surface area contributed by atoms with E-state index in [1.54, 1.807) is 0 Å². The molecule has 0 aromatic heterocycles. The Bertz CT molecular complexity index is 745. The van der Waals surface area contributed by atoms with Crippen molar-refractivity contribution in [1.82, 2.24) is 0 Å². The standard InChI is InChI=1S/C18H12O4/c19-17(20)15-13-9-5-1-2-6-10(9)14(16(15)18(21)22)12-8-4-3-7-11(12)13/h1-8,13-14H,(H,19,20)(H,21,22)/p-1. The van der Waals surface area contributed by atoms with Gasteiger partial charge in [-0.25, -0.2) is 4.79 Å². The van der Waals surface area contributed by atoms with E-state index >= 15 is 0 Å². The van der Waals surface area contributed by atoms with Gasteiger partial charge in [-0.3, -0.25) is 0 Å². The number of carbonyl (C=O) groups excluding carboxylic acids is 1. The van der Waals surface area contributed by atoms with Crippen molar-refractivity contribution >= 4 is 11.9 Å². The zero-order valence-electron chi connectivity index (χ0n) is 11.4. The van der Waals surface area contributed by atoms with E-state index in [0.717, 1.165) is 22.3 Å². The lowest BCUT2D eigenvalue weighted by Crippen LogP contribution is -2.38. The molecule has 3 aliphatic rings. The third-order valence-electron chi connectivity index (χ3n) is 4.55. The Morgan fingerprint density at radius 1 is 0.773 bits per heavy atom. The zero-order valence-corrected chi connectivity index (χ0v) is 11.4. The molecule has 0 fully saturated rings. The van der Waals surface area contributed by atoms with Crippen LogP contribution in [0.2, 0.25) is 0 Å². The van der Waals surface area contributed by atoms with E-state index in [9.17, 15) is 19.8 Å². The second kappa shape index (κ2) is 4.31. The molecule has 0 amide bonds. The summed E-state index contributed by atoms with van der Waals surface area (Å²) in [6.45, 7) is 0. The van der Waals surface area contributed by atoms with Crippen LogP contribution < -0.4 is 5.11 Å². The van der Waals surface area contributed by atoms with Gasteiger partial charge in [-0.2, -0.15) is 0 Å². The summed E-state index contributed by atoms with van der Waals surface area (Å²) in [5.74, 6) is -3.73. The van der Waals surface area contributed by atoms with Gasteiger partial charge in [0, 0.05) is 11.8 Å². The van der Waals surface area contributed by atoms with E-state index in [1.165, 1.54) is 0 Å². The Labute approximate surface area is 126 Å². The topological polar surface area (TPSA) is 77.4 Å². The van der Waals surface area contributed by atoms with Gasteiger partial charge in [-0.15, -0.1) is 0 Å². The summed E-state index contributed by atoms with van der Waals surface area (Å²) in [6.07, 6.45) is 0. The summed E-state index contributed by atoms with van der Waals surface area (Å²) in [7, 11) is 0. The van der Waals surface area contributed by atoms with Crippen LogP contribution in [0.3, 0.4) is 0 Å². The van der Waals surface area contributed by atoms with Crippen LogP contribution in [0, 0.1) is 0 Å². The van der Waals surface area contributed by atoms with Gasteiger partial charge in [0.25, 0.3) is 0 Å². The summed E-state index contributed by atoms with van der Waals surface area (Å²) in [4.78, 5) is 23.4. The summed E-state index contributed by atoms with van der Waals surface area (Å²) >= 11 is 0. The third-order valence-corrected chi connectivity index (χ3v) is 4.55. The first kappa shape index (κ1) is 12.8. The van der Waals surface area contributed by atoms with Gasteiger partial charge < -0.3 is 15.0 Å². The lowest BCUT2D eigenvalue weighted by atomic mass is 9.61. The predicted octanol–water partition coefficient (Wildman–Crippen LogP) is 1.41. The molecule has 0 atom stereocenters. The molecule has 0 radical (unpaired) electrons. The number of benzene rings is 2. The van der Waals surface area contributed by atoms with E-state index in [4.69, 9.17) is 0 Å². The molecular weight excluding hydrogens is 280 g/mol. The van der Waals surface area contributed by atoms with Crippen molar-refractivity contribution in [2.75, 3.05) is 0 Å². The minimum absolute atomic E-state index is 0.0672. The SMILES string of the molecule is O=C([O-])C1=C(C(=O)O)C2c3ccccc3C1c1ccccc12. The average Bonchev–Trinajstić information content (AvgIpc) is 2.53. The summed E-state index contributed by atoms with van der Waals surface area (Å²) in [5, 5.41) is 21.2. The molecule has 4 nitrogen and oxygen atoms in total.